The quantitative estimate of drug-likeness (QED) is 0.785. The van der Waals surface area contributed by atoms with Crippen molar-refractivity contribution >= 4 is 39.5 Å². The number of carbonyl (C=O) groups excluding carboxylic acids is 2. The van der Waals surface area contributed by atoms with Gasteiger partial charge in [-0.15, -0.1) is 11.8 Å². The second-order valence-corrected chi connectivity index (χ2v) is 5.30. The van der Waals surface area contributed by atoms with E-state index >= 15 is 0 Å². The molecule has 2 amide bonds. The zero-order valence-corrected chi connectivity index (χ0v) is 10.9. The molecule has 5 heteroatoms. The average molecular weight is 300 g/mol. The first kappa shape index (κ1) is 11.7. The van der Waals surface area contributed by atoms with E-state index in [1.165, 1.54) is 16.7 Å². The molecular formula is C11H10BrNO2S. The highest BCUT2D eigenvalue weighted by molar-refractivity contribution is 9.10. The van der Waals surface area contributed by atoms with E-state index in [0.717, 1.165) is 10.0 Å². The highest BCUT2D eigenvalue weighted by atomic mass is 79.9. The second kappa shape index (κ2) is 5.01. The smallest absolute Gasteiger partial charge is 0.239 e. The van der Waals surface area contributed by atoms with Crippen molar-refractivity contribution in [2.45, 2.75) is 6.54 Å². The minimum absolute atomic E-state index is 0.1000. The van der Waals surface area contributed by atoms with Crippen LogP contribution >= 0.6 is 27.7 Å². The molecule has 1 aromatic rings. The molecule has 1 aromatic carbocycles. The van der Waals surface area contributed by atoms with Crippen molar-refractivity contribution in [2.24, 2.45) is 0 Å². The van der Waals surface area contributed by atoms with Crippen molar-refractivity contribution in [3.63, 3.8) is 0 Å². The third-order valence-corrected chi connectivity index (χ3v) is 4.02. The minimum atomic E-state index is -0.1000. The van der Waals surface area contributed by atoms with Crippen molar-refractivity contribution in [3.05, 3.63) is 34.3 Å². The Morgan fingerprint density at radius 1 is 1.19 bits per heavy atom. The number of nitrogens with zero attached hydrogens (tertiary/aromatic N) is 1. The van der Waals surface area contributed by atoms with Crippen molar-refractivity contribution in [1.82, 2.24) is 4.90 Å². The van der Waals surface area contributed by atoms with Crippen LogP contribution in [0.2, 0.25) is 0 Å². The average Bonchev–Trinajstić information content (AvgIpc) is 2.26. The highest BCUT2D eigenvalue weighted by Crippen LogP contribution is 2.20. The molecule has 0 unspecified atom stereocenters. The summed E-state index contributed by atoms with van der Waals surface area (Å²) in [5, 5.41) is 0. The van der Waals surface area contributed by atoms with Crippen LogP contribution in [-0.4, -0.2) is 28.2 Å². The van der Waals surface area contributed by atoms with Crippen LogP contribution in [-0.2, 0) is 16.1 Å². The van der Waals surface area contributed by atoms with Gasteiger partial charge in [-0.25, -0.2) is 0 Å². The van der Waals surface area contributed by atoms with E-state index < -0.39 is 0 Å². The van der Waals surface area contributed by atoms with Crippen LogP contribution in [0.15, 0.2) is 28.7 Å². The molecule has 0 atom stereocenters. The standard InChI is InChI=1S/C11H10BrNO2S/c12-9-4-2-1-3-8(9)5-13-10(14)6-16-7-11(13)15/h1-4H,5-7H2. The fraction of sp³-hybridized carbons (Fsp3) is 0.273. The van der Waals surface area contributed by atoms with Gasteiger partial charge in [0.1, 0.15) is 0 Å². The molecule has 84 valence electrons. The highest BCUT2D eigenvalue weighted by Gasteiger charge is 2.26. The van der Waals surface area contributed by atoms with Crippen LogP contribution in [0.25, 0.3) is 0 Å². The number of rotatable bonds is 2. The van der Waals surface area contributed by atoms with E-state index in [2.05, 4.69) is 15.9 Å². The molecule has 0 N–H and O–H groups in total. The minimum Gasteiger partial charge on any atom is -0.277 e. The SMILES string of the molecule is O=C1CSCC(=O)N1Cc1ccccc1Br. The Bertz CT molecular complexity index is 420. The van der Waals surface area contributed by atoms with Gasteiger partial charge in [0.25, 0.3) is 0 Å². The van der Waals surface area contributed by atoms with Crippen LogP contribution in [0, 0.1) is 0 Å². The van der Waals surface area contributed by atoms with Gasteiger partial charge in [-0.3, -0.25) is 14.5 Å². The monoisotopic (exact) mass is 299 g/mol. The van der Waals surface area contributed by atoms with Crippen LogP contribution in [0.3, 0.4) is 0 Å². The lowest BCUT2D eigenvalue weighted by Gasteiger charge is -2.24. The van der Waals surface area contributed by atoms with Crippen molar-refractivity contribution in [1.29, 1.82) is 0 Å². The number of hydrogen-bond acceptors (Lipinski definition) is 3. The number of halogens is 1. The first-order valence-corrected chi connectivity index (χ1v) is 6.77. The van der Waals surface area contributed by atoms with Gasteiger partial charge in [-0.05, 0) is 11.6 Å². The van der Waals surface area contributed by atoms with Gasteiger partial charge in [0.05, 0.1) is 18.1 Å². The van der Waals surface area contributed by atoms with Crippen molar-refractivity contribution in [2.75, 3.05) is 11.5 Å². The lowest BCUT2D eigenvalue weighted by Crippen LogP contribution is -2.42. The van der Waals surface area contributed by atoms with Gasteiger partial charge in [0.2, 0.25) is 11.8 Å². The summed E-state index contributed by atoms with van der Waals surface area (Å²) >= 11 is 4.79. The molecular weight excluding hydrogens is 290 g/mol. The summed E-state index contributed by atoms with van der Waals surface area (Å²) in [7, 11) is 0. The maximum absolute atomic E-state index is 11.6. The zero-order chi connectivity index (χ0) is 11.5. The van der Waals surface area contributed by atoms with Crippen LogP contribution in [0.5, 0.6) is 0 Å². The van der Waals surface area contributed by atoms with Gasteiger partial charge < -0.3 is 0 Å². The first-order chi connectivity index (χ1) is 7.68. The van der Waals surface area contributed by atoms with E-state index in [-0.39, 0.29) is 11.8 Å². The van der Waals surface area contributed by atoms with Crippen LogP contribution in [0.1, 0.15) is 5.56 Å². The zero-order valence-electron chi connectivity index (χ0n) is 8.48. The van der Waals surface area contributed by atoms with Gasteiger partial charge >= 0.3 is 0 Å². The molecule has 0 bridgehead atoms. The molecule has 0 spiro atoms. The second-order valence-electron chi connectivity index (χ2n) is 3.46. The molecule has 0 radical (unpaired) electrons. The van der Waals surface area contributed by atoms with Gasteiger partial charge in [0, 0.05) is 4.47 Å². The largest absolute Gasteiger partial charge is 0.277 e. The molecule has 1 aliphatic heterocycles. The van der Waals surface area contributed by atoms with E-state index in [4.69, 9.17) is 0 Å². The number of carbonyl (C=O) groups is 2. The van der Waals surface area contributed by atoms with E-state index in [1.807, 2.05) is 24.3 Å². The number of amides is 2. The topological polar surface area (TPSA) is 37.4 Å². The Balaban J connectivity index is 2.17. The number of hydrogen-bond donors (Lipinski definition) is 0. The third-order valence-electron chi connectivity index (χ3n) is 2.34. The summed E-state index contributed by atoms with van der Waals surface area (Å²) in [4.78, 5) is 24.5. The maximum Gasteiger partial charge on any atom is 0.239 e. The summed E-state index contributed by atoms with van der Waals surface area (Å²) in [6, 6.07) is 7.62. The predicted octanol–water partition coefficient (Wildman–Crippen LogP) is 2.05. The lowest BCUT2D eigenvalue weighted by molar-refractivity contribution is -0.142. The number of benzene rings is 1. The lowest BCUT2D eigenvalue weighted by atomic mass is 10.2. The molecule has 0 aliphatic carbocycles. The maximum atomic E-state index is 11.6. The van der Waals surface area contributed by atoms with Crippen molar-refractivity contribution in [3.8, 4) is 0 Å². The number of thioether (sulfide) groups is 1. The molecule has 1 fully saturated rings. The molecule has 16 heavy (non-hydrogen) atoms. The summed E-state index contributed by atoms with van der Waals surface area (Å²) in [6.07, 6.45) is 0. The summed E-state index contributed by atoms with van der Waals surface area (Å²) in [5.41, 5.74) is 0.955. The Kier molecular flexibility index (Phi) is 3.66. The molecule has 1 aliphatic rings. The molecule has 0 aromatic heterocycles. The Morgan fingerprint density at radius 3 is 2.44 bits per heavy atom. The first-order valence-electron chi connectivity index (χ1n) is 4.83. The Labute approximate surface area is 106 Å². The molecule has 1 heterocycles. The summed E-state index contributed by atoms with van der Waals surface area (Å²) < 4.78 is 0.925. The normalized spacial score (nSPS) is 16.7. The fourth-order valence-corrected chi connectivity index (χ4v) is 2.67. The molecule has 3 nitrogen and oxygen atoms in total. The third kappa shape index (κ3) is 2.47. The molecule has 2 rings (SSSR count). The van der Waals surface area contributed by atoms with Gasteiger partial charge in [-0.1, -0.05) is 34.1 Å². The van der Waals surface area contributed by atoms with Crippen molar-refractivity contribution < 1.29 is 9.59 Å². The summed E-state index contributed by atoms with van der Waals surface area (Å²) in [6.45, 7) is 0.361. The van der Waals surface area contributed by atoms with Crippen LogP contribution in [0.4, 0.5) is 0 Å². The van der Waals surface area contributed by atoms with Gasteiger partial charge in [0.15, 0.2) is 0 Å². The van der Waals surface area contributed by atoms with Crippen LogP contribution < -0.4 is 0 Å². The van der Waals surface area contributed by atoms with E-state index in [9.17, 15) is 9.59 Å². The summed E-state index contributed by atoms with van der Waals surface area (Å²) in [5.74, 6) is 0.598. The predicted molar refractivity (Wildman–Crippen MR) is 67.0 cm³/mol. The Morgan fingerprint density at radius 2 is 1.81 bits per heavy atom. The van der Waals surface area contributed by atoms with Gasteiger partial charge in [-0.2, -0.15) is 0 Å². The fourth-order valence-electron chi connectivity index (χ4n) is 1.49. The Hall–Kier alpha value is -0.810. The molecule has 0 saturated carbocycles. The number of imide groups is 1. The van der Waals surface area contributed by atoms with E-state index in [1.54, 1.807) is 0 Å². The molecule has 1 saturated heterocycles. The van der Waals surface area contributed by atoms with E-state index in [0.29, 0.717) is 18.1 Å².